The quantitative estimate of drug-likeness (QED) is 0.240. The van der Waals surface area contributed by atoms with Crippen LogP contribution in [-0.2, 0) is 21.9 Å². The van der Waals surface area contributed by atoms with E-state index in [0.29, 0.717) is 17.7 Å². The molecule has 1 aliphatic rings. The van der Waals surface area contributed by atoms with Crippen LogP contribution in [0, 0.1) is 0 Å². The number of alkyl halides is 3. The van der Waals surface area contributed by atoms with Crippen LogP contribution in [0.25, 0.3) is 11.4 Å². The Morgan fingerprint density at radius 1 is 1.14 bits per heavy atom. The van der Waals surface area contributed by atoms with Gasteiger partial charge in [-0.25, -0.2) is 4.79 Å². The first-order chi connectivity index (χ1) is 19.6. The van der Waals surface area contributed by atoms with Gasteiger partial charge in [0.2, 0.25) is 5.82 Å². The van der Waals surface area contributed by atoms with E-state index in [4.69, 9.17) is 9.16 Å². The van der Waals surface area contributed by atoms with Gasteiger partial charge in [0.05, 0.1) is 12.1 Å². The first-order valence-electron chi connectivity index (χ1n) is 14.0. The number of benzene rings is 2. The molecule has 2 atom stereocenters. The maximum Gasteiger partial charge on any atom is 0.471 e. The van der Waals surface area contributed by atoms with Crippen LogP contribution in [0.3, 0.4) is 0 Å². The molecule has 3 aromatic rings. The smallest absolute Gasteiger partial charge is 0.445 e. The van der Waals surface area contributed by atoms with Crippen molar-refractivity contribution in [3.8, 4) is 11.4 Å². The van der Waals surface area contributed by atoms with Gasteiger partial charge in [-0.2, -0.15) is 18.2 Å². The molecule has 228 valence electrons. The van der Waals surface area contributed by atoms with Gasteiger partial charge >= 0.3 is 18.2 Å². The van der Waals surface area contributed by atoms with E-state index in [0.717, 1.165) is 25.1 Å². The molecule has 1 unspecified atom stereocenters. The van der Waals surface area contributed by atoms with E-state index in [1.54, 1.807) is 25.2 Å². The summed E-state index contributed by atoms with van der Waals surface area (Å²) < 4.78 is 55.9. The molecule has 4 rings (SSSR count). The summed E-state index contributed by atoms with van der Waals surface area (Å²) in [6.45, 7) is 13.2. The summed E-state index contributed by atoms with van der Waals surface area (Å²) in [6.07, 6.45) is -4.29. The number of carbonyl (C=O) groups excluding carboxylic acids is 1. The Bertz CT molecular complexity index is 1340. The lowest BCUT2D eigenvalue weighted by molar-refractivity contribution is -0.159. The van der Waals surface area contributed by atoms with Crippen molar-refractivity contribution in [2.75, 3.05) is 26.7 Å². The molecule has 0 aliphatic carbocycles. The largest absolute Gasteiger partial charge is 0.471 e. The number of hydrogen-bond donors (Lipinski definition) is 0. The zero-order chi connectivity index (χ0) is 30.7. The number of hydrogen-bond acceptors (Lipinski definition) is 7. The van der Waals surface area contributed by atoms with Crippen molar-refractivity contribution < 1.29 is 31.7 Å². The number of amides is 1. The molecule has 12 heteroatoms. The Kier molecular flexibility index (Phi) is 9.48. The topological polar surface area (TPSA) is 80.9 Å². The van der Waals surface area contributed by atoms with Gasteiger partial charge in [0.25, 0.3) is 0 Å². The standard InChI is InChI=1S/C30H39F3N4O4Si/c1-29(2,3)42(5,6)41-24-15-16-37(18-24)19-25(36(4)28(38)39-20-21-11-8-7-9-12-21)22-13-10-14-23(17-22)26-34-27(40-35-26)30(31,32)33/h7-14,17,24-25H,15-16,18-20H2,1-6H3/t24-,25?/m0/s1. The highest BCUT2D eigenvalue weighted by atomic mass is 28.4. The lowest BCUT2D eigenvalue weighted by Gasteiger charge is -2.38. The van der Waals surface area contributed by atoms with E-state index < -0.39 is 32.5 Å². The van der Waals surface area contributed by atoms with Crippen LogP contribution in [0.15, 0.2) is 59.1 Å². The molecule has 2 aromatic carbocycles. The van der Waals surface area contributed by atoms with E-state index in [9.17, 15) is 18.0 Å². The minimum absolute atomic E-state index is 0.0905. The lowest BCUT2D eigenvalue weighted by Crippen LogP contribution is -2.45. The Balaban J connectivity index is 1.55. The van der Waals surface area contributed by atoms with Crippen LogP contribution in [0.4, 0.5) is 18.0 Å². The molecule has 1 aromatic heterocycles. The summed E-state index contributed by atoms with van der Waals surface area (Å²) in [7, 11) is -0.289. The van der Waals surface area contributed by atoms with Gasteiger partial charge in [-0.3, -0.25) is 4.90 Å². The van der Waals surface area contributed by atoms with Gasteiger partial charge in [0.1, 0.15) is 6.61 Å². The maximum atomic E-state index is 13.2. The number of likely N-dealkylation sites (tertiary alicyclic amines) is 1. The van der Waals surface area contributed by atoms with Crippen molar-refractivity contribution in [3.05, 3.63) is 71.6 Å². The molecule has 1 fully saturated rings. The molecular weight excluding hydrogens is 565 g/mol. The van der Waals surface area contributed by atoms with Gasteiger partial charge in [0, 0.05) is 32.2 Å². The van der Waals surface area contributed by atoms with Crippen molar-refractivity contribution in [2.45, 2.75) is 70.3 Å². The van der Waals surface area contributed by atoms with Crippen LogP contribution < -0.4 is 0 Å². The molecule has 8 nitrogen and oxygen atoms in total. The molecule has 1 amide bonds. The molecule has 1 saturated heterocycles. The zero-order valence-corrected chi connectivity index (χ0v) is 25.9. The van der Waals surface area contributed by atoms with Crippen LogP contribution in [0.1, 0.15) is 50.3 Å². The van der Waals surface area contributed by atoms with E-state index in [-0.39, 0.29) is 23.6 Å². The second kappa shape index (κ2) is 12.6. The fraction of sp³-hybridized carbons (Fsp3) is 0.500. The summed E-state index contributed by atoms with van der Waals surface area (Å²) in [5.74, 6) is -1.59. The number of halogens is 3. The highest BCUT2D eigenvalue weighted by Gasteiger charge is 2.41. The third-order valence-electron chi connectivity index (χ3n) is 8.09. The summed E-state index contributed by atoms with van der Waals surface area (Å²) in [5, 5.41) is 3.62. The SMILES string of the molecule is CN(C(=O)OCc1ccccc1)C(CN1CC[C@H](O[Si](C)(C)C(C)(C)C)C1)c1cccc(-c2noc(C(F)(F)F)n2)c1. The maximum absolute atomic E-state index is 13.2. The second-order valence-electron chi connectivity index (χ2n) is 12.3. The molecule has 0 spiro atoms. The molecule has 0 saturated carbocycles. The van der Waals surface area contributed by atoms with E-state index in [2.05, 4.69) is 53.4 Å². The molecule has 2 heterocycles. The molecule has 0 N–H and O–H groups in total. The minimum atomic E-state index is -4.74. The lowest BCUT2D eigenvalue weighted by atomic mass is 10.0. The summed E-state index contributed by atoms with van der Waals surface area (Å²) >= 11 is 0. The molecule has 1 aliphatic heterocycles. The number of nitrogens with zero attached hydrogens (tertiary/aromatic N) is 4. The fourth-order valence-corrected chi connectivity index (χ4v) is 6.02. The number of carbonyl (C=O) groups is 1. The number of aromatic nitrogens is 2. The number of rotatable bonds is 9. The Morgan fingerprint density at radius 2 is 1.86 bits per heavy atom. The van der Waals surface area contributed by atoms with Gasteiger partial charge in [-0.15, -0.1) is 0 Å². The van der Waals surface area contributed by atoms with E-state index >= 15 is 0 Å². The van der Waals surface area contributed by atoms with Crippen LogP contribution in [-0.4, -0.2) is 67.1 Å². The third-order valence-corrected chi connectivity index (χ3v) is 12.6. The Labute approximate surface area is 245 Å². The first-order valence-corrected chi connectivity index (χ1v) is 16.9. The van der Waals surface area contributed by atoms with Crippen molar-refractivity contribution in [1.29, 1.82) is 0 Å². The van der Waals surface area contributed by atoms with E-state index in [1.807, 2.05) is 36.4 Å². The van der Waals surface area contributed by atoms with Gasteiger partial charge < -0.3 is 18.6 Å². The predicted octanol–water partition coefficient (Wildman–Crippen LogP) is 7.16. The molecule has 0 bridgehead atoms. The average molecular weight is 605 g/mol. The third kappa shape index (κ3) is 7.78. The van der Waals surface area contributed by atoms with Crippen molar-refractivity contribution in [3.63, 3.8) is 0 Å². The van der Waals surface area contributed by atoms with Crippen molar-refractivity contribution in [1.82, 2.24) is 19.9 Å². The fourth-order valence-electron chi connectivity index (χ4n) is 4.64. The highest BCUT2D eigenvalue weighted by Crippen LogP contribution is 2.38. The second-order valence-corrected chi connectivity index (χ2v) is 17.0. The Morgan fingerprint density at radius 3 is 2.50 bits per heavy atom. The summed E-state index contributed by atoms with van der Waals surface area (Å²) in [5.41, 5.74) is 1.92. The first kappa shape index (κ1) is 31.7. The van der Waals surface area contributed by atoms with E-state index in [1.165, 1.54) is 4.90 Å². The minimum Gasteiger partial charge on any atom is -0.445 e. The zero-order valence-electron chi connectivity index (χ0n) is 24.9. The highest BCUT2D eigenvalue weighted by molar-refractivity contribution is 6.74. The number of likely N-dealkylation sites (N-methyl/N-ethyl adjacent to an activating group) is 1. The van der Waals surface area contributed by atoms with Crippen LogP contribution >= 0.6 is 0 Å². The molecular formula is C30H39F3N4O4Si. The average Bonchev–Trinajstić information content (AvgIpc) is 3.60. The molecule has 42 heavy (non-hydrogen) atoms. The number of ether oxygens (including phenoxy) is 1. The summed E-state index contributed by atoms with van der Waals surface area (Å²) in [6, 6.07) is 15.8. The van der Waals surface area contributed by atoms with Crippen LogP contribution in [0.2, 0.25) is 18.1 Å². The van der Waals surface area contributed by atoms with Gasteiger partial charge in [0.15, 0.2) is 8.32 Å². The summed E-state index contributed by atoms with van der Waals surface area (Å²) in [4.78, 5) is 20.6. The predicted molar refractivity (Wildman–Crippen MR) is 155 cm³/mol. The van der Waals surface area contributed by atoms with Crippen LogP contribution in [0.5, 0.6) is 0 Å². The normalized spacial score (nSPS) is 17.3. The molecule has 0 radical (unpaired) electrons. The monoisotopic (exact) mass is 604 g/mol. The van der Waals surface area contributed by atoms with Gasteiger partial charge in [-0.1, -0.05) is 74.5 Å². The van der Waals surface area contributed by atoms with Crippen molar-refractivity contribution in [2.24, 2.45) is 0 Å². The Hall–Kier alpha value is -3.22. The van der Waals surface area contributed by atoms with Gasteiger partial charge in [-0.05, 0) is 41.7 Å². The van der Waals surface area contributed by atoms with Crippen molar-refractivity contribution >= 4 is 14.4 Å².